The zero-order chi connectivity index (χ0) is 12.3. The molecule has 0 unspecified atom stereocenters. The van der Waals surface area contributed by atoms with Crippen LogP contribution in [-0.2, 0) is 0 Å². The van der Waals surface area contributed by atoms with Crippen LogP contribution in [0.25, 0.3) is 0 Å². The average Bonchev–Trinajstić information content (AvgIpc) is 2.32. The van der Waals surface area contributed by atoms with Crippen molar-refractivity contribution in [3.63, 3.8) is 0 Å². The molecule has 0 saturated carbocycles. The lowest BCUT2D eigenvalue weighted by Gasteiger charge is -2.06. The minimum Gasteiger partial charge on any atom is -0.384 e. The summed E-state index contributed by atoms with van der Waals surface area (Å²) in [6.45, 7) is 0. The van der Waals surface area contributed by atoms with E-state index in [1.54, 1.807) is 36.7 Å². The SMILES string of the molecule is Nc1cccc(C(=O)Nc2ccncc2Br)n1. The quantitative estimate of drug-likeness (QED) is 0.888. The molecule has 2 aromatic heterocycles. The van der Waals surface area contributed by atoms with Gasteiger partial charge < -0.3 is 11.1 Å². The molecule has 5 nitrogen and oxygen atoms in total. The normalized spacial score (nSPS) is 9.94. The molecule has 17 heavy (non-hydrogen) atoms. The molecule has 1 amide bonds. The van der Waals surface area contributed by atoms with Crippen LogP contribution in [0.1, 0.15) is 10.5 Å². The Morgan fingerprint density at radius 1 is 1.35 bits per heavy atom. The van der Waals surface area contributed by atoms with Crippen LogP contribution in [0.15, 0.2) is 41.1 Å². The lowest BCUT2D eigenvalue weighted by atomic mass is 10.3. The third-order valence-electron chi connectivity index (χ3n) is 2.02. The maximum atomic E-state index is 11.8. The third-order valence-corrected chi connectivity index (χ3v) is 2.66. The van der Waals surface area contributed by atoms with Crippen LogP contribution in [0.4, 0.5) is 11.5 Å². The van der Waals surface area contributed by atoms with Gasteiger partial charge in [0.05, 0.1) is 10.2 Å². The van der Waals surface area contributed by atoms with Crippen molar-refractivity contribution in [3.8, 4) is 0 Å². The van der Waals surface area contributed by atoms with Crippen LogP contribution in [-0.4, -0.2) is 15.9 Å². The van der Waals surface area contributed by atoms with Gasteiger partial charge in [0.15, 0.2) is 0 Å². The van der Waals surface area contributed by atoms with Gasteiger partial charge in [-0.15, -0.1) is 0 Å². The molecule has 3 N–H and O–H groups in total. The van der Waals surface area contributed by atoms with Crippen molar-refractivity contribution in [2.75, 3.05) is 11.1 Å². The van der Waals surface area contributed by atoms with E-state index in [9.17, 15) is 4.79 Å². The number of anilines is 2. The van der Waals surface area contributed by atoms with Crippen molar-refractivity contribution in [3.05, 3.63) is 46.8 Å². The van der Waals surface area contributed by atoms with Crippen molar-refractivity contribution in [2.45, 2.75) is 0 Å². The summed E-state index contributed by atoms with van der Waals surface area (Å²) in [4.78, 5) is 19.7. The lowest BCUT2D eigenvalue weighted by molar-refractivity contribution is 0.102. The zero-order valence-electron chi connectivity index (χ0n) is 8.72. The van der Waals surface area contributed by atoms with Gasteiger partial charge in [-0.2, -0.15) is 0 Å². The number of carbonyl (C=O) groups excluding carboxylic acids is 1. The Morgan fingerprint density at radius 2 is 2.18 bits per heavy atom. The van der Waals surface area contributed by atoms with Crippen LogP contribution >= 0.6 is 15.9 Å². The maximum Gasteiger partial charge on any atom is 0.274 e. The van der Waals surface area contributed by atoms with Gasteiger partial charge in [-0.1, -0.05) is 6.07 Å². The van der Waals surface area contributed by atoms with Crippen LogP contribution in [0.2, 0.25) is 0 Å². The minimum absolute atomic E-state index is 0.272. The summed E-state index contributed by atoms with van der Waals surface area (Å²) >= 11 is 3.29. The molecule has 0 radical (unpaired) electrons. The first-order valence-electron chi connectivity index (χ1n) is 4.80. The molecular weight excluding hydrogens is 284 g/mol. The van der Waals surface area contributed by atoms with Gasteiger partial charge in [0.2, 0.25) is 0 Å². The number of nitrogen functional groups attached to an aromatic ring is 1. The Kier molecular flexibility index (Phi) is 3.34. The predicted octanol–water partition coefficient (Wildman–Crippen LogP) is 2.07. The molecule has 0 fully saturated rings. The smallest absolute Gasteiger partial charge is 0.274 e. The summed E-state index contributed by atoms with van der Waals surface area (Å²) < 4.78 is 0.706. The zero-order valence-corrected chi connectivity index (χ0v) is 10.3. The van der Waals surface area contributed by atoms with E-state index in [0.29, 0.717) is 16.0 Å². The largest absolute Gasteiger partial charge is 0.384 e. The molecule has 0 aliphatic heterocycles. The summed E-state index contributed by atoms with van der Waals surface area (Å²) in [5.74, 6) is -0.00403. The number of hydrogen-bond acceptors (Lipinski definition) is 4. The monoisotopic (exact) mass is 292 g/mol. The van der Waals surface area contributed by atoms with E-state index in [4.69, 9.17) is 5.73 Å². The summed E-state index contributed by atoms with van der Waals surface area (Å²) in [5.41, 5.74) is 6.41. The van der Waals surface area contributed by atoms with Gasteiger partial charge in [-0.05, 0) is 34.1 Å². The van der Waals surface area contributed by atoms with E-state index in [0.717, 1.165) is 0 Å². The van der Waals surface area contributed by atoms with Crippen molar-refractivity contribution < 1.29 is 4.79 Å². The van der Waals surface area contributed by atoms with Gasteiger partial charge >= 0.3 is 0 Å². The van der Waals surface area contributed by atoms with Crippen molar-refractivity contribution in [2.24, 2.45) is 0 Å². The fourth-order valence-corrected chi connectivity index (χ4v) is 1.59. The molecule has 2 rings (SSSR count). The van der Waals surface area contributed by atoms with Crippen LogP contribution in [0.3, 0.4) is 0 Å². The fraction of sp³-hybridized carbons (Fsp3) is 0. The Balaban J connectivity index is 2.20. The number of carbonyl (C=O) groups is 1. The standard InChI is InChI=1S/C11H9BrN4O/c12-7-6-14-5-4-8(7)16-11(17)9-2-1-3-10(13)15-9/h1-6H,(H2,13,15)(H,14,16,17). The molecule has 6 heteroatoms. The Bertz CT molecular complexity index is 559. The topological polar surface area (TPSA) is 80.9 Å². The lowest BCUT2D eigenvalue weighted by Crippen LogP contribution is -2.14. The van der Waals surface area contributed by atoms with Crippen LogP contribution in [0, 0.1) is 0 Å². The number of hydrogen-bond donors (Lipinski definition) is 2. The van der Waals surface area contributed by atoms with E-state index in [1.165, 1.54) is 0 Å². The minimum atomic E-state index is -0.316. The van der Waals surface area contributed by atoms with E-state index in [-0.39, 0.29) is 11.6 Å². The van der Waals surface area contributed by atoms with E-state index in [1.807, 2.05) is 0 Å². The Labute approximate surface area is 106 Å². The second-order valence-corrected chi connectivity index (χ2v) is 4.11. The summed E-state index contributed by atoms with van der Waals surface area (Å²) in [7, 11) is 0. The van der Waals surface area contributed by atoms with Gasteiger partial charge in [0.1, 0.15) is 11.5 Å². The van der Waals surface area contributed by atoms with E-state index in [2.05, 4.69) is 31.2 Å². The highest BCUT2D eigenvalue weighted by Crippen LogP contribution is 2.20. The highest BCUT2D eigenvalue weighted by molar-refractivity contribution is 9.10. The molecule has 0 aromatic carbocycles. The van der Waals surface area contributed by atoms with Gasteiger partial charge in [0.25, 0.3) is 5.91 Å². The molecule has 0 spiro atoms. The average molecular weight is 293 g/mol. The van der Waals surface area contributed by atoms with Gasteiger partial charge in [-0.3, -0.25) is 9.78 Å². The third kappa shape index (κ3) is 2.79. The molecule has 0 atom stereocenters. The highest BCUT2D eigenvalue weighted by atomic mass is 79.9. The van der Waals surface area contributed by atoms with E-state index < -0.39 is 0 Å². The van der Waals surface area contributed by atoms with Crippen molar-refractivity contribution in [1.82, 2.24) is 9.97 Å². The number of aromatic nitrogens is 2. The molecule has 0 bridgehead atoms. The molecular formula is C11H9BrN4O. The molecule has 2 aromatic rings. The van der Waals surface area contributed by atoms with Gasteiger partial charge in [-0.25, -0.2) is 4.98 Å². The first-order chi connectivity index (χ1) is 8.16. The molecule has 0 aliphatic rings. The molecule has 86 valence electrons. The second kappa shape index (κ2) is 4.92. The molecule has 0 saturated heterocycles. The molecule has 0 aliphatic carbocycles. The van der Waals surface area contributed by atoms with Crippen molar-refractivity contribution in [1.29, 1.82) is 0 Å². The first-order valence-corrected chi connectivity index (χ1v) is 5.59. The fourth-order valence-electron chi connectivity index (χ4n) is 1.24. The highest BCUT2D eigenvalue weighted by Gasteiger charge is 2.09. The summed E-state index contributed by atoms with van der Waals surface area (Å²) in [6, 6.07) is 6.59. The number of pyridine rings is 2. The summed E-state index contributed by atoms with van der Waals surface area (Å²) in [5, 5.41) is 2.71. The Morgan fingerprint density at radius 3 is 2.88 bits per heavy atom. The van der Waals surface area contributed by atoms with E-state index >= 15 is 0 Å². The second-order valence-electron chi connectivity index (χ2n) is 3.26. The first kappa shape index (κ1) is 11.5. The number of amides is 1. The number of rotatable bonds is 2. The van der Waals surface area contributed by atoms with Crippen molar-refractivity contribution >= 4 is 33.3 Å². The van der Waals surface area contributed by atoms with Crippen LogP contribution < -0.4 is 11.1 Å². The number of nitrogens with two attached hydrogens (primary N) is 1. The predicted molar refractivity (Wildman–Crippen MR) is 68.5 cm³/mol. The number of nitrogens with one attached hydrogen (secondary N) is 1. The number of nitrogens with zero attached hydrogens (tertiary/aromatic N) is 2. The molecule has 2 heterocycles. The van der Waals surface area contributed by atoms with Crippen LogP contribution in [0.5, 0.6) is 0 Å². The number of halogens is 1. The summed E-state index contributed by atoms with van der Waals surface area (Å²) in [6.07, 6.45) is 3.19. The van der Waals surface area contributed by atoms with Gasteiger partial charge in [0, 0.05) is 12.4 Å². The Hall–Kier alpha value is -1.95. The maximum absolute atomic E-state index is 11.8.